The molecule has 1 unspecified atom stereocenters. The lowest BCUT2D eigenvalue weighted by atomic mass is 9.99. The van der Waals surface area contributed by atoms with Crippen molar-refractivity contribution in [3.63, 3.8) is 0 Å². The molecule has 0 fully saturated rings. The van der Waals surface area contributed by atoms with E-state index in [2.05, 4.69) is 38.1 Å². The van der Waals surface area contributed by atoms with Crippen molar-refractivity contribution in [2.45, 2.75) is 91.9 Å². The zero-order valence-corrected chi connectivity index (χ0v) is 14.9. The van der Waals surface area contributed by atoms with E-state index in [4.69, 9.17) is 0 Å². The molecule has 0 aliphatic carbocycles. The Balaban J connectivity index is 4.27. The van der Waals surface area contributed by atoms with Gasteiger partial charge >= 0.3 is 0 Å². The molecule has 0 aromatic rings. The molecule has 1 N–H and O–H groups in total. The predicted octanol–water partition coefficient (Wildman–Crippen LogP) is 4.92. The third-order valence-corrected chi connectivity index (χ3v) is 4.10. The first-order valence-electron chi connectivity index (χ1n) is 9.24. The highest BCUT2D eigenvalue weighted by molar-refractivity contribution is 5.78. The summed E-state index contributed by atoms with van der Waals surface area (Å²) in [4.78, 5) is 12.4. The third kappa shape index (κ3) is 10.8. The van der Waals surface area contributed by atoms with Crippen molar-refractivity contribution in [2.24, 2.45) is 5.92 Å². The number of hydrogen-bond acceptors (Lipinski definition) is 2. The van der Waals surface area contributed by atoms with Gasteiger partial charge in [-0.05, 0) is 25.7 Å². The summed E-state index contributed by atoms with van der Waals surface area (Å²) in [5, 5.41) is 2.17. The van der Waals surface area contributed by atoms with Gasteiger partial charge in [0.25, 0.3) is 0 Å². The van der Waals surface area contributed by atoms with Crippen LogP contribution in [0.25, 0.3) is 0 Å². The number of hydrogen-bond donors (Lipinski definition) is 1. The highest BCUT2D eigenvalue weighted by Crippen LogP contribution is 2.13. The SMILES string of the molecule is CCCCCN(CCCCC)NC(=O)C(CC)CCCC. The second kappa shape index (κ2) is 14.4. The molecule has 0 saturated heterocycles. The van der Waals surface area contributed by atoms with E-state index < -0.39 is 0 Å². The molecule has 0 bridgehead atoms. The fraction of sp³-hybridized carbons (Fsp3) is 0.944. The van der Waals surface area contributed by atoms with Gasteiger partial charge in [0.1, 0.15) is 0 Å². The minimum absolute atomic E-state index is 0.185. The summed E-state index contributed by atoms with van der Waals surface area (Å²) in [6, 6.07) is 0. The van der Waals surface area contributed by atoms with Gasteiger partial charge in [-0.1, -0.05) is 66.2 Å². The van der Waals surface area contributed by atoms with E-state index in [0.29, 0.717) is 0 Å². The van der Waals surface area contributed by atoms with Crippen LogP contribution in [0.2, 0.25) is 0 Å². The molecular formula is C18H38N2O. The van der Waals surface area contributed by atoms with Crippen LogP contribution < -0.4 is 5.43 Å². The Hall–Kier alpha value is -0.570. The maximum Gasteiger partial charge on any atom is 0.237 e. The summed E-state index contributed by atoms with van der Waals surface area (Å²) in [5.41, 5.74) is 3.19. The number of hydrazine groups is 1. The van der Waals surface area contributed by atoms with E-state index >= 15 is 0 Å². The third-order valence-electron chi connectivity index (χ3n) is 4.10. The lowest BCUT2D eigenvalue weighted by Crippen LogP contribution is -2.46. The first-order valence-corrected chi connectivity index (χ1v) is 9.24. The van der Waals surface area contributed by atoms with E-state index in [1.807, 2.05) is 0 Å². The molecule has 0 rings (SSSR count). The van der Waals surface area contributed by atoms with Gasteiger partial charge in [-0.2, -0.15) is 0 Å². The molecule has 0 spiro atoms. The first-order chi connectivity index (χ1) is 10.2. The van der Waals surface area contributed by atoms with Crippen LogP contribution in [0.3, 0.4) is 0 Å². The number of amides is 1. The normalized spacial score (nSPS) is 12.6. The summed E-state index contributed by atoms with van der Waals surface area (Å²) in [6.45, 7) is 10.7. The fourth-order valence-corrected chi connectivity index (χ4v) is 2.55. The minimum atomic E-state index is 0.185. The Bertz CT molecular complexity index is 233. The Morgan fingerprint density at radius 1 is 0.857 bits per heavy atom. The molecule has 3 heteroatoms. The van der Waals surface area contributed by atoms with Crippen LogP contribution in [-0.4, -0.2) is 24.0 Å². The Kier molecular flexibility index (Phi) is 14.0. The monoisotopic (exact) mass is 298 g/mol. The summed E-state index contributed by atoms with van der Waals surface area (Å²) in [6.07, 6.45) is 11.6. The van der Waals surface area contributed by atoms with Crippen molar-refractivity contribution in [3.05, 3.63) is 0 Å². The van der Waals surface area contributed by atoms with Gasteiger partial charge in [0, 0.05) is 19.0 Å². The lowest BCUT2D eigenvalue weighted by Gasteiger charge is -2.25. The van der Waals surface area contributed by atoms with E-state index in [-0.39, 0.29) is 11.8 Å². The molecule has 1 atom stereocenters. The number of rotatable bonds is 14. The van der Waals surface area contributed by atoms with Gasteiger partial charge in [0.15, 0.2) is 0 Å². The standard InChI is InChI=1S/C18H38N2O/c1-5-9-12-15-20(16-13-10-6-2)19-18(21)17(8-4)14-11-7-3/h17H,5-16H2,1-4H3,(H,19,21). The van der Waals surface area contributed by atoms with Crippen LogP contribution in [0.15, 0.2) is 0 Å². The maximum atomic E-state index is 12.4. The van der Waals surface area contributed by atoms with Crippen molar-refractivity contribution in [1.82, 2.24) is 10.4 Å². The highest BCUT2D eigenvalue weighted by Gasteiger charge is 2.18. The molecule has 0 aliphatic rings. The molecule has 0 heterocycles. The number of nitrogens with zero attached hydrogens (tertiary/aromatic N) is 1. The van der Waals surface area contributed by atoms with E-state index in [1.54, 1.807) is 0 Å². The number of nitrogens with one attached hydrogen (secondary N) is 1. The zero-order valence-electron chi connectivity index (χ0n) is 14.9. The van der Waals surface area contributed by atoms with E-state index in [1.165, 1.54) is 44.9 Å². The average molecular weight is 299 g/mol. The molecule has 21 heavy (non-hydrogen) atoms. The quantitative estimate of drug-likeness (QED) is 0.365. The average Bonchev–Trinajstić information content (AvgIpc) is 2.48. The second-order valence-electron chi connectivity index (χ2n) is 6.12. The molecule has 0 radical (unpaired) electrons. The van der Waals surface area contributed by atoms with Crippen LogP contribution in [-0.2, 0) is 4.79 Å². The summed E-state index contributed by atoms with van der Waals surface area (Å²) < 4.78 is 0. The largest absolute Gasteiger partial charge is 0.289 e. The van der Waals surface area contributed by atoms with Crippen LogP contribution in [0, 0.1) is 5.92 Å². The fourth-order valence-electron chi connectivity index (χ4n) is 2.55. The smallest absolute Gasteiger partial charge is 0.237 e. The van der Waals surface area contributed by atoms with Crippen molar-refractivity contribution < 1.29 is 4.79 Å². The van der Waals surface area contributed by atoms with Gasteiger partial charge in [-0.3, -0.25) is 10.2 Å². The molecule has 126 valence electrons. The van der Waals surface area contributed by atoms with Gasteiger partial charge in [-0.25, -0.2) is 5.01 Å². The Morgan fingerprint density at radius 3 is 1.81 bits per heavy atom. The minimum Gasteiger partial charge on any atom is -0.289 e. The van der Waals surface area contributed by atoms with Gasteiger partial charge < -0.3 is 0 Å². The zero-order chi connectivity index (χ0) is 15.9. The summed E-state index contributed by atoms with van der Waals surface area (Å²) in [7, 11) is 0. The van der Waals surface area contributed by atoms with Gasteiger partial charge in [0.2, 0.25) is 5.91 Å². The van der Waals surface area contributed by atoms with Crippen LogP contribution in [0.4, 0.5) is 0 Å². The van der Waals surface area contributed by atoms with Gasteiger partial charge in [-0.15, -0.1) is 0 Å². The summed E-state index contributed by atoms with van der Waals surface area (Å²) >= 11 is 0. The van der Waals surface area contributed by atoms with Crippen LogP contribution >= 0.6 is 0 Å². The molecule has 1 amide bonds. The Labute approximate surface area is 132 Å². The van der Waals surface area contributed by atoms with Crippen molar-refractivity contribution in [1.29, 1.82) is 0 Å². The van der Waals surface area contributed by atoms with Crippen molar-refractivity contribution in [3.8, 4) is 0 Å². The molecule has 0 aromatic carbocycles. The van der Waals surface area contributed by atoms with Crippen LogP contribution in [0.1, 0.15) is 91.9 Å². The first kappa shape index (κ1) is 20.4. The van der Waals surface area contributed by atoms with Crippen LogP contribution in [0.5, 0.6) is 0 Å². The van der Waals surface area contributed by atoms with E-state index in [9.17, 15) is 4.79 Å². The highest BCUT2D eigenvalue weighted by atomic mass is 16.2. The molecular weight excluding hydrogens is 260 g/mol. The second-order valence-corrected chi connectivity index (χ2v) is 6.12. The molecule has 0 aliphatic heterocycles. The predicted molar refractivity (Wildman–Crippen MR) is 92.1 cm³/mol. The number of carbonyl (C=O) groups excluding carboxylic acids is 1. The molecule has 0 aromatic heterocycles. The number of carbonyl (C=O) groups is 1. The molecule has 0 saturated carbocycles. The Morgan fingerprint density at radius 2 is 1.38 bits per heavy atom. The molecule has 3 nitrogen and oxygen atoms in total. The topological polar surface area (TPSA) is 32.3 Å². The number of unbranched alkanes of at least 4 members (excludes halogenated alkanes) is 5. The summed E-state index contributed by atoms with van der Waals surface area (Å²) in [5.74, 6) is 0.420. The van der Waals surface area contributed by atoms with E-state index in [0.717, 1.165) is 32.4 Å². The lowest BCUT2D eigenvalue weighted by molar-refractivity contribution is -0.130. The van der Waals surface area contributed by atoms with Crippen molar-refractivity contribution in [2.75, 3.05) is 13.1 Å². The maximum absolute atomic E-state index is 12.4. The van der Waals surface area contributed by atoms with Gasteiger partial charge in [0.05, 0.1) is 0 Å². The van der Waals surface area contributed by atoms with Crippen molar-refractivity contribution >= 4 is 5.91 Å².